The zero-order valence-electron chi connectivity index (χ0n) is 17.8. The number of aromatic nitrogens is 1. The highest BCUT2D eigenvalue weighted by atomic mass is 32.1. The van der Waals surface area contributed by atoms with Crippen LogP contribution < -0.4 is 10.6 Å². The van der Waals surface area contributed by atoms with Crippen molar-refractivity contribution in [3.05, 3.63) is 40.5 Å². The zero-order chi connectivity index (χ0) is 20.3. The molecule has 160 valence electrons. The van der Waals surface area contributed by atoms with E-state index < -0.39 is 0 Å². The minimum absolute atomic E-state index is 0.0308. The van der Waals surface area contributed by atoms with E-state index in [0.29, 0.717) is 6.54 Å². The molecule has 0 spiro atoms. The summed E-state index contributed by atoms with van der Waals surface area (Å²) in [5.74, 6) is 2.54. The Morgan fingerprint density at radius 3 is 2.47 bits per heavy atom. The van der Waals surface area contributed by atoms with Crippen LogP contribution in [0, 0.1) is 17.8 Å². The number of likely N-dealkylation sites (N-methyl/N-ethyl adjacent to an activating group) is 1. The van der Waals surface area contributed by atoms with Gasteiger partial charge in [0.1, 0.15) is 5.00 Å². The summed E-state index contributed by atoms with van der Waals surface area (Å²) in [4.78, 5) is 16.8. The van der Waals surface area contributed by atoms with Gasteiger partial charge in [0.05, 0.1) is 0 Å². The number of urea groups is 1. The molecule has 4 fully saturated rings. The fourth-order valence-electron chi connectivity index (χ4n) is 7.16. The molecule has 0 atom stereocenters. The van der Waals surface area contributed by atoms with Gasteiger partial charge in [-0.3, -0.25) is 0 Å². The van der Waals surface area contributed by atoms with Gasteiger partial charge in [0, 0.05) is 48.0 Å². The highest BCUT2D eigenvalue weighted by molar-refractivity contribution is 7.14. The number of nitrogens with one attached hydrogen (secondary N) is 2. The Labute approximate surface area is 182 Å². The van der Waals surface area contributed by atoms with Gasteiger partial charge in [-0.05, 0) is 87.4 Å². The van der Waals surface area contributed by atoms with Crippen LogP contribution in [0.2, 0.25) is 0 Å². The van der Waals surface area contributed by atoms with Gasteiger partial charge >= 0.3 is 6.03 Å². The van der Waals surface area contributed by atoms with Crippen molar-refractivity contribution in [1.29, 1.82) is 0 Å². The smallest absolute Gasteiger partial charge is 0.315 e. The molecule has 6 heteroatoms. The maximum absolute atomic E-state index is 13.0. The molecule has 1 aliphatic heterocycles. The molecule has 4 saturated carbocycles. The van der Waals surface area contributed by atoms with Gasteiger partial charge < -0.3 is 20.1 Å². The monoisotopic (exact) mass is 424 g/mol. The van der Waals surface area contributed by atoms with E-state index in [1.165, 1.54) is 59.5 Å². The Kier molecular flexibility index (Phi) is 4.50. The molecule has 0 radical (unpaired) electrons. The lowest BCUT2D eigenvalue weighted by Crippen LogP contribution is -2.61. The van der Waals surface area contributed by atoms with E-state index in [1.54, 1.807) is 0 Å². The van der Waals surface area contributed by atoms with Gasteiger partial charge in [0.25, 0.3) is 0 Å². The lowest BCUT2D eigenvalue weighted by atomic mass is 9.53. The van der Waals surface area contributed by atoms with Crippen molar-refractivity contribution in [2.75, 3.05) is 13.6 Å². The number of nitrogens with zero attached hydrogens (tertiary/aromatic N) is 2. The normalized spacial score (nSPS) is 32.2. The minimum Gasteiger partial charge on any atom is -0.334 e. The molecule has 7 rings (SSSR count). The van der Waals surface area contributed by atoms with Crippen LogP contribution in [0.3, 0.4) is 0 Å². The van der Waals surface area contributed by atoms with Crippen LogP contribution in [0.25, 0.3) is 5.00 Å². The van der Waals surface area contributed by atoms with Gasteiger partial charge in [0.15, 0.2) is 0 Å². The lowest BCUT2D eigenvalue weighted by molar-refractivity contribution is -0.0135. The van der Waals surface area contributed by atoms with Crippen LogP contribution in [0.15, 0.2) is 24.5 Å². The lowest BCUT2D eigenvalue weighted by Gasteiger charge is -2.56. The fraction of sp³-hybridized carbons (Fsp3) is 0.625. The number of amides is 2. The van der Waals surface area contributed by atoms with Crippen molar-refractivity contribution in [3.8, 4) is 5.00 Å². The predicted octanol–water partition coefficient (Wildman–Crippen LogP) is 4.29. The van der Waals surface area contributed by atoms with E-state index in [0.717, 1.165) is 37.3 Å². The summed E-state index contributed by atoms with van der Waals surface area (Å²) in [6, 6.07) is 4.17. The Hall–Kier alpha value is -1.79. The maximum Gasteiger partial charge on any atom is 0.315 e. The summed E-state index contributed by atoms with van der Waals surface area (Å²) in [6.07, 6.45) is 13.1. The first-order chi connectivity index (χ1) is 14.6. The second kappa shape index (κ2) is 7.13. The number of hydrogen-bond donors (Lipinski definition) is 2. The van der Waals surface area contributed by atoms with Crippen LogP contribution in [0.1, 0.15) is 54.5 Å². The minimum atomic E-state index is 0.0308. The second-order valence-corrected chi connectivity index (χ2v) is 11.5. The number of carbonyl (C=O) groups is 1. The third-order valence-electron chi connectivity index (χ3n) is 8.02. The van der Waals surface area contributed by atoms with E-state index in [2.05, 4.69) is 51.7 Å². The van der Waals surface area contributed by atoms with E-state index in [1.807, 2.05) is 11.3 Å². The SMILES string of the molecule is CN1CCc2c(sc(-n3cccc3)c2CNC(=O)NC23CC4CC(CC(C4)C2)C3)C1. The highest BCUT2D eigenvalue weighted by Crippen LogP contribution is 2.55. The molecule has 2 amide bonds. The molecule has 2 N–H and O–H groups in total. The number of hydrogen-bond acceptors (Lipinski definition) is 3. The molecule has 3 heterocycles. The highest BCUT2D eigenvalue weighted by Gasteiger charge is 2.51. The molecule has 5 aliphatic rings. The van der Waals surface area contributed by atoms with E-state index in [9.17, 15) is 4.79 Å². The van der Waals surface area contributed by atoms with Gasteiger partial charge in [-0.1, -0.05) is 0 Å². The average molecular weight is 425 g/mol. The van der Waals surface area contributed by atoms with Crippen LogP contribution >= 0.6 is 11.3 Å². The van der Waals surface area contributed by atoms with Crippen molar-refractivity contribution >= 4 is 17.4 Å². The van der Waals surface area contributed by atoms with Gasteiger partial charge in [-0.15, -0.1) is 11.3 Å². The maximum atomic E-state index is 13.0. The molecule has 4 bridgehead atoms. The second-order valence-electron chi connectivity index (χ2n) is 10.4. The summed E-state index contributed by atoms with van der Waals surface area (Å²) >= 11 is 1.88. The van der Waals surface area contributed by atoms with Crippen LogP contribution in [-0.4, -0.2) is 34.6 Å². The largest absolute Gasteiger partial charge is 0.334 e. The molecular weight excluding hydrogens is 392 g/mol. The van der Waals surface area contributed by atoms with Gasteiger partial charge in [0.2, 0.25) is 0 Å². The first-order valence-corrected chi connectivity index (χ1v) is 12.4. The van der Waals surface area contributed by atoms with E-state index >= 15 is 0 Å². The van der Waals surface area contributed by atoms with Gasteiger partial charge in [-0.25, -0.2) is 4.79 Å². The molecule has 0 saturated heterocycles. The third kappa shape index (κ3) is 3.28. The Bertz CT molecular complexity index is 912. The van der Waals surface area contributed by atoms with Crippen molar-refractivity contribution in [2.45, 2.75) is 63.6 Å². The topological polar surface area (TPSA) is 49.3 Å². The zero-order valence-corrected chi connectivity index (χ0v) is 18.6. The van der Waals surface area contributed by atoms with Crippen molar-refractivity contribution in [3.63, 3.8) is 0 Å². The molecular formula is C24H32N4OS. The van der Waals surface area contributed by atoms with Crippen LogP contribution in [-0.2, 0) is 19.5 Å². The predicted molar refractivity (Wildman–Crippen MR) is 120 cm³/mol. The third-order valence-corrected chi connectivity index (χ3v) is 9.29. The van der Waals surface area contributed by atoms with Crippen molar-refractivity contribution < 1.29 is 4.79 Å². The summed E-state index contributed by atoms with van der Waals surface area (Å²) in [5.41, 5.74) is 2.83. The van der Waals surface area contributed by atoms with Crippen LogP contribution in [0.4, 0.5) is 4.79 Å². The molecule has 5 nitrogen and oxygen atoms in total. The van der Waals surface area contributed by atoms with Crippen molar-refractivity contribution in [1.82, 2.24) is 20.1 Å². The average Bonchev–Trinajstić information content (AvgIpc) is 3.32. The Morgan fingerprint density at radius 2 is 1.80 bits per heavy atom. The molecule has 0 unspecified atom stereocenters. The number of fused-ring (bicyclic) bond motifs is 1. The Balaban J connectivity index is 1.19. The van der Waals surface area contributed by atoms with Crippen LogP contribution in [0.5, 0.6) is 0 Å². The molecule has 30 heavy (non-hydrogen) atoms. The number of carbonyl (C=O) groups excluding carboxylic acids is 1. The number of thiophene rings is 1. The number of rotatable bonds is 4. The quantitative estimate of drug-likeness (QED) is 0.769. The fourth-order valence-corrected chi connectivity index (χ4v) is 8.57. The molecule has 2 aromatic heterocycles. The first kappa shape index (κ1) is 18.9. The van der Waals surface area contributed by atoms with Crippen molar-refractivity contribution in [2.24, 2.45) is 17.8 Å². The Morgan fingerprint density at radius 1 is 1.13 bits per heavy atom. The molecule has 2 aromatic rings. The summed E-state index contributed by atoms with van der Waals surface area (Å²) < 4.78 is 2.21. The standard InChI is InChI=1S/C24H32N4OS/c1-27-7-4-19-20(22(30-21(19)15-27)28-5-2-3-6-28)14-25-23(29)26-24-11-16-8-17(12-24)10-18(9-16)13-24/h2-3,5-6,16-18H,4,7-15H2,1H3,(H2,25,26,29). The summed E-state index contributed by atoms with van der Waals surface area (Å²) in [5, 5.41) is 7.98. The summed E-state index contributed by atoms with van der Waals surface area (Å²) in [6.45, 7) is 2.70. The van der Waals surface area contributed by atoms with E-state index in [-0.39, 0.29) is 11.6 Å². The first-order valence-electron chi connectivity index (χ1n) is 11.6. The summed E-state index contributed by atoms with van der Waals surface area (Å²) in [7, 11) is 2.19. The molecule has 0 aromatic carbocycles. The molecule has 4 aliphatic carbocycles. The van der Waals surface area contributed by atoms with Gasteiger partial charge in [-0.2, -0.15) is 0 Å². The van der Waals surface area contributed by atoms with E-state index in [4.69, 9.17) is 0 Å².